The summed E-state index contributed by atoms with van der Waals surface area (Å²) in [6.07, 6.45) is 5.31. The molecule has 2 aliphatic rings. The Morgan fingerprint density at radius 1 is 1.25 bits per heavy atom. The summed E-state index contributed by atoms with van der Waals surface area (Å²) >= 11 is 0. The van der Waals surface area contributed by atoms with Crippen molar-refractivity contribution >= 4 is 23.1 Å². The number of rotatable bonds is 3. The fourth-order valence-corrected chi connectivity index (χ4v) is 4.83. The van der Waals surface area contributed by atoms with Crippen molar-refractivity contribution < 1.29 is 13.6 Å². The number of hydrogen-bond donors (Lipinski definition) is 1. The van der Waals surface area contributed by atoms with Crippen molar-refractivity contribution in [3.63, 3.8) is 0 Å². The number of pyridine rings is 1. The van der Waals surface area contributed by atoms with Crippen LogP contribution in [0.5, 0.6) is 0 Å². The van der Waals surface area contributed by atoms with Crippen molar-refractivity contribution in [3.8, 4) is 11.1 Å². The highest BCUT2D eigenvalue weighted by molar-refractivity contribution is 5.93. The van der Waals surface area contributed by atoms with E-state index in [-0.39, 0.29) is 17.4 Å². The average molecular weight is 437 g/mol. The van der Waals surface area contributed by atoms with Crippen molar-refractivity contribution in [2.24, 2.45) is 13.0 Å². The van der Waals surface area contributed by atoms with Crippen LogP contribution in [-0.4, -0.2) is 27.2 Å². The minimum absolute atomic E-state index is 0.00598. The zero-order valence-electron chi connectivity index (χ0n) is 18.1. The van der Waals surface area contributed by atoms with E-state index in [0.29, 0.717) is 30.5 Å². The molecule has 0 unspecified atom stereocenters. The van der Waals surface area contributed by atoms with Crippen LogP contribution in [0.3, 0.4) is 0 Å². The molecule has 0 fully saturated rings. The Bertz CT molecular complexity index is 1190. The van der Waals surface area contributed by atoms with E-state index in [4.69, 9.17) is 0 Å². The number of amides is 1. The second kappa shape index (κ2) is 8.00. The first-order chi connectivity index (χ1) is 15.4. The number of benzene rings is 1. The molecule has 0 bridgehead atoms. The highest BCUT2D eigenvalue weighted by Crippen LogP contribution is 2.43. The maximum atomic E-state index is 14.1. The molecule has 3 aromatic rings. The molecule has 1 atom stereocenters. The van der Waals surface area contributed by atoms with E-state index in [1.54, 1.807) is 36.4 Å². The Labute approximate surface area is 185 Å². The van der Waals surface area contributed by atoms with Gasteiger partial charge in [-0.1, -0.05) is 6.92 Å². The molecule has 8 heteroatoms. The van der Waals surface area contributed by atoms with Crippen LogP contribution in [0.1, 0.15) is 42.9 Å². The molecular formula is C24H25F2N5O. The molecule has 1 aromatic carbocycles. The van der Waals surface area contributed by atoms with Crippen LogP contribution in [0.4, 0.5) is 26.0 Å². The Kier molecular flexibility index (Phi) is 5.15. The molecule has 0 saturated heterocycles. The van der Waals surface area contributed by atoms with Gasteiger partial charge in [0.1, 0.15) is 5.82 Å². The number of aryl methyl sites for hydroxylation is 2. The van der Waals surface area contributed by atoms with E-state index in [9.17, 15) is 13.6 Å². The lowest BCUT2D eigenvalue weighted by molar-refractivity contribution is -0.116. The quantitative estimate of drug-likeness (QED) is 0.625. The average Bonchev–Trinajstić information content (AvgIpc) is 3.12. The van der Waals surface area contributed by atoms with Crippen LogP contribution in [0.2, 0.25) is 0 Å². The molecule has 6 nitrogen and oxygen atoms in total. The van der Waals surface area contributed by atoms with Crippen LogP contribution in [-0.2, 0) is 24.7 Å². The number of nitrogens with zero attached hydrogens (tertiary/aromatic N) is 4. The normalized spacial score (nSPS) is 18.2. The zero-order chi connectivity index (χ0) is 22.4. The van der Waals surface area contributed by atoms with E-state index < -0.39 is 6.43 Å². The minimum atomic E-state index is -2.61. The summed E-state index contributed by atoms with van der Waals surface area (Å²) in [6, 6.07) is 5.31. The van der Waals surface area contributed by atoms with Crippen molar-refractivity contribution in [1.82, 2.24) is 14.8 Å². The molecule has 0 spiro atoms. The maximum absolute atomic E-state index is 14.1. The number of hydrogen-bond acceptors (Lipinski definition) is 4. The fraction of sp³-hybridized carbons (Fsp3) is 0.375. The summed E-state index contributed by atoms with van der Waals surface area (Å²) in [6.45, 7) is 2.73. The summed E-state index contributed by atoms with van der Waals surface area (Å²) in [5.74, 6) is 0.911. The molecule has 0 aliphatic carbocycles. The molecular weight excluding hydrogens is 412 g/mol. The summed E-state index contributed by atoms with van der Waals surface area (Å²) in [5, 5.41) is 7.14. The lowest BCUT2D eigenvalue weighted by Gasteiger charge is -2.33. The Balaban J connectivity index is 1.64. The molecule has 1 N–H and O–H groups in total. The van der Waals surface area contributed by atoms with Crippen molar-refractivity contribution in [1.29, 1.82) is 0 Å². The van der Waals surface area contributed by atoms with Gasteiger partial charge in [-0.25, -0.2) is 13.8 Å². The summed E-state index contributed by atoms with van der Waals surface area (Å²) in [4.78, 5) is 18.9. The van der Waals surface area contributed by atoms with Crippen LogP contribution < -0.4 is 10.2 Å². The van der Waals surface area contributed by atoms with Gasteiger partial charge in [-0.15, -0.1) is 0 Å². The molecule has 0 radical (unpaired) electrons. The lowest BCUT2D eigenvalue weighted by atomic mass is 9.92. The van der Waals surface area contributed by atoms with Gasteiger partial charge in [-0.3, -0.25) is 9.48 Å². The van der Waals surface area contributed by atoms with Crippen molar-refractivity contribution in [3.05, 3.63) is 53.5 Å². The molecule has 1 amide bonds. The van der Waals surface area contributed by atoms with Gasteiger partial charge in [-0.2, -0.15) is 5.10 Å². The molecule has 166 valence electrons. The van der Waals surface area contributed by atoms with Gasteiger partial charge in [0.15, 0.2) is 0 Å². The number of carbonyl (C=O) groups excluding carboxylic acids is 1. The molecule has 32 heavy (non-hydrogen) atoms. The summed E-state index contributed by atoms with van der Waals surface area (Å²) < 4.78 is 29.9. The lowest BCUT2D eigenvalue weighted by Crippen LogP contribution is -2.27. The number of halogens is 2. The Morgan fingerprint density at radius 3 is 2.84 bits per heavy atom. The highest BCUT2D eigenvalue weighted by atomic mass is 19.3. The third-order valence-electron chi connectivity index (χ3n) is 6.27. The SMILES string of the molecule is C[C@@H]1CC(=O)Nc2ccnc(N3CCCc4cc(-c5cnn(C)c5)c(C(F)F)cc43)c2C1. The number of fused-ring (bicyclic) bond motifs is 2. The second-order valence-electron chi connectivity index (χ2n) is 8.75. The molecule has 0 saturated carbocycles. The summed E-state index contributed by atoms with van der Waals surface area (Å²) in [7, 11) is 1.78. The predicted octanol–water partition coefficient (Wildman–Crippen LogP) is 5.02. The van der Waals surface area contributed by atoms with Gasteiger partial charge in [0.2, 0.25) is 5.91 Å². The zero-order valence-corrected chi connectivity index (χ0v) is 18.1. The van der Waals surface area contributed by atoms with Gasteiger partial charge in [0.25, 0.3) is 6.43 Å². The van der Waals surface area contributed by atoms with Crippen LogP contribution in [0.15, 0.2) is 36.8 Å². The minimum Gasteiger partial charge on any atom is -0.326 e. The molecule has 2 aromatic heterocycles. The number of alkyl halides is 2. The van der Waals surface area contributed by atoms with Gasteiger partial charge >= 0.3 is 0 Å². The number of nitrogens with one attached hydrogen (secondary N) is 1. The van der Waals surface area contributed by atoms with Gasteiger partial charge in [0, 0.05) is 60.5 Å². The first-order valence-electron chi connectivity index (χ1n) is 10.9. The number of anilines is 3. The number of aromatic nitrogens is 3. The molecule has 2 aliphatic heterocycles. The van der Waals surface area contributed by atoms with E-state index in [0.717, 1.165) is 41.2 Å². The van der Waals surface area contributed by atoms with E-state index in [2.05, 4.69) is 15.4 Å². The third-order valence-corrected chi connectivity index (χ3v) is 6.27. The van der Waals surface area contributed by atoms with Crippen LogP contribution in [0, 0.1) is 5.92 Å². The standard InChI is InChI=1S/C24H25F2N5O/c1-14-8-19-20(29-22(32)9-14)5-6-27-24(19)31-7-3-4-15-10-17(16-12-28-30(2)13-16)18(23(25)26)11-21(15)31/h5-6,10-14,23H,3-4,7-9H2,1-2H3,(H,29,32)/t14-/m0/s1. The number of carbonyl (C=O) groups is 1. The smallest absolute Gasteiger partial charge is 0.264 e. The molecule has 5 rings (SSSR count). The largest absolute Gasteiger partial charge is 0.326 e. The first kappa shape index (κ1) is 20.6. The monoisotopic (exact) mass is 437 g/mol. The fourth-order valence-electron chi connectivity index (χ4n) is 4.83. The van der Waals surface area contributed by atoms with Crippen LogP contribution in [0.25, 0.3) is 11.1 Å². The van der Waals surface area contributed by atoms with Gasteiger partial charge in [0.05, 0.1) is 6.20 Å². The van der Waals surface area contributed by atoms with E-state index in [1.165, 1.54) is 0 Å². The van der Waals surface area contributed by atoms with E-state index >= 15 is 0 Å². The summed E-state index contributed by atoms with van der Waals surface area (Å²) in [5.41, 5.74) is 4.71. The van der Waals surface area contributed by atoms with Gasteiger partial charge < -0.3 is 10.2 Å². The predicted molar refractivity (Wildman–Crippen MR) is 119 cm³/mol. The van der Waals surface area contributed by atoms with Crippen molar-refractivity contribution in [2.75, 3.05) is 16.8 Å². The van der Waals surface area contributed by atoms with Gasteiger partial charge in [-0.05, 0) is 54.5 Å². The third kappa shape index (κ3) is 3.63. The topological polar surface area (TPSA) is 63.1 Å². The maximum Gasteiger partial charge on any atom is 0.264 e. The second-order valence-corrected chi connectivity index (χ2v) is 8.75. The highest BCUT2D eigenvalue weighted by Gasteiger charge is 2.29. The Morgan fingerprint density at radius 2 is 2.09 bits per heavy atom. The van der Waals surface area contributed by atoms with E-state index in [1.807, 2.05) is 24.0 Å². The first-order valence-corrected chi connectivity index (χ1v) is 10.9. The Hall–Kier alpha value is -3.29. The van der Waals surface area contributed by atoms with Crippen molar-refractivity contribution in [2.45, 2.75) is 39.0 Å². The molecule has 4 heterocycles. The van der Waals surface area contributed by atoms with Crippen LogP contribution >= 0.6 is 0 Å².